The zero-order valence-corrected chi connectivity index (χ0v) is 11.4. The Kier molecular flexibility index (Phi) is 4.00. The fourth-order valence-corrected chi connectivity index (χ4v) is 3.09. The molecule has 1 aliphatic rings. The third kappa shape index (κ3) is 2.64. The van der Waals surface area contributed by atoms with Crippen LogP contribution in [-0.4, -0.2) is 11.1 Å². The summed E-state index contributed by atoms with van der Waals surface area (Å²) in [7, 11) is 0. The molecule has 1 aliphatic carbocycles. The molecule has 0 aliphatic heterocycles. The Balaban J connectivity index is 2.62. The predicted octanol–water partition coefficient (Wildman–Crippen LogP) is 4.65. The lowest BCUT2D eigenvalue weighted by molar-refractivity contribution is -0.147. The molecule has 20 heavy (non-hydrogen) atoms. The molecule has 0 bridgehead atoms. The van der Waals surface area contributed by atoms with E-state index in [1.54, 1.807) is 0 Å². The molecule has 1 aromatic carbocycles. The average molecular weight is 307 g/mol. The molecule has 1 N–H and O–H groups in total. The van der Waals surface area contributed by atoms with E-state index in [4.69, 9.17) is 11.6 Å². The number of carboxylic acid groups (broad SMARTS) is 1. The molecule has 0 amide bonds. The molecule has 1 aromatic rings. The van der Waals surface area contributed by atoms with Crippen molar-refractivity contribution in [2.24, 2.45) is 0 Å². The van der Waals surface area contributed by atoms with Crippen molar-refractivity contribution in [2.45, 2.75) is 43.7 Å². The van der Waals surface area contributed by atoms with E-state index in [-0.39, 0.29) is 23.4 Å². The number of halogens is 4. The van der Waals surface area contributed by atoms with Gasteiger partial charge >= 0.3 is 12.1 Å². The summed E-state index contributed by atoms with van der Waals surface area (Å²) in [5.41, 5.74) is -2.55. The van der Waals surface area contributed by atoms with E-state index >= 15 is 0 Å². The van der Waals surface area contributed by atoms with Gasteiger partial charge in [-0.2, -0.15) is 13.2 Å². The Labute approximate surface area is 119 Å². The molecule has 2 nitrogen and oxygen atoms in total. The number of carbonyl (C=O) groups is 1. The largest absolute Gasteiger partial charge is 0.481 e. The first-order chi connectivity index (χ1) is 9.27. The van der Waals surface area contributed by atoms with Gasteiger partial charge in [-0.05, 0) is 30.5 Å². The lowest BCUT2D eigenvalue weighted by Gasteiger charge is -2.35. The highest BCUT2D eigenvalue weighted by molar-refractivity contribution is 6.30. The van der Waals surface area contributed by atoms with Crippen LogP contribution in [0.2, 0.25) is 5.02 Å². The van der Waals surface area contributed by atoms with Gasteiger partial charge < -0.3 is 5.11 Å². The summed E-state index contributed by atoms with van der Waals surface area (Å²) in [4.78, 5) is 11.6. The van der Waals surface area contributed by atoms with Gasteiger partial charge in [0, 0.05) is 5.02 Å². The number of aliphatic carboxylic acids is 1. The highest BCUT2D eigenvalue weighted by Crippen LogP contribution is 2.45. The molecule has 1 fully saturated rings. The van der Waals surface area contributed by atoms with Crippen LogP contribution in [0.5, 0.6) is 0 Å². The SMILES string of the molecule is O=C(O)C1(c2ccc(Cl)cc2C(F)(F)F)CCCCC1. The van der Waals surface area contributed by atoms with Crippen LogP contribution >= 0.6 is 11.6 Å². The smallest absolute Gasteiger partial charge is 0.416 e. The van der Waals surface area contributed by atoms with Gasteiger partial charge in [-0.3, -0.25) is 4.79 Å². The minimum absolute atomic E-state index is 0.0441. The molecule has 0 aromatic heterocycles. The van der Waals surface area contributed by atoms with E-state index in [0.717, 1.165) is 12.5 Å². The fourth-order valence-electron chi connectivity index (χ4n) is 2.92. The van der Waals surface area contributed by atoms with Crippen LogP contribution in [0.1, 0.15) is 43.2 Å². The van der Waals surface area contributed by atoms with E-state index < -0.39 is 23.1 Å². The zero-order valence-electron chi connectivity index (χ0n) is 10.6. The fraction of sp³-hybridized carbons (Fsp3) is 0.500. The van der Waals surface area contributed by atoms with E-state index in [1.165, 1.54) is 12.1 Å². The first-order valence-corrected chi connectivity index (χ1v) is 6.76. The monoisotopic (exact) mass is 306 g/mol. The van der Waals surface area contributed by atoms with Gasteiger partial charge in [0.25, 0.3) is 0 Å². The van der Waals surface area contributed by atoms with Gasteiger partial charge in [0.2, 0.25) is 0 Å². The summed E-state index contributed by atoms with van der Waals surface area (Å²) in [6, 6.07) is 3.35. The number of hydrogen-bond acceptors (Lipinski definition) is 1. The third-order valence-corrected chi connectivity index (χ3v) is 4.15. The Morgan fingerprint density at radius 2 is 1.80 bits per heavy atom. The predicted molar refractivity (Wildman–Crippen MR) is 68.9 cm³/mol. The van der Waals surface area contributed by atoms with Crippen molar-refractivity contribution in [1.82, 2.24) is 0 Å². The third-order valence-electron chi connectivity index (χ3n) is 3.92. The van der Waals surface area contributed by atoms with E-state index in [1.807, 2.05) is 0 Å². The minimum Gasteiger partial charge on any atom is -0.481 e. The van der Waals surface area contributed by atoms with Crippen LogP contribution in [0.25, 0.3) is 0 Å². The Morgan fingerprint density at radius 1 is 1.20 bits per heavy atom. The summed E-state index contributed by atoms with van der Waals surface area (Å²) in [6.45, 7) is 0. The van der Waals surface area contributed by atoms with Crippen molar-refractivity contribution < 1.29 is 23.1 Å². The van der Waals surface area contributed by atoms with Crippen LogP contribution in [0, 0.1) is 0 Å². The van der Waals surface area contributed by atoms with Crippen LogP contribution in [-0.2, 0) is 16.4 Å². The Bertz CT molecular complexity index is 520. The van der Waals surface area contributed by atoms with Crippen molar-refractivity contribution in [3.05, 3.63) is 34.3 Å². The summed E-state index contributed by atoms with van der Waals surface area (Å²) in [5.74, 6) is -1.19. The molecule has 0 saturated heterocycles. The molecular weight excluding hydrogens is 293 g/mol. The van der Waals surface area contributed by atoms with Crippen molar-refractivity contribution in [3.63, 3.8) is 0 Å². The number of alkyl halides is 3. The van der Waals surface area contributed by atoms with Gasteiger partial charge in [-0.25, -0.2) is 0 Å². The summed E-state index contributed by atoms with van der Waals surface area (Å²) in [5, 5.41) is 9.46. The minimum atomic E-state index is -4.61. The highest BCUT2D eigenvalue weighted by atomic mass is 35.5. The first kappa shape index (κ1) is 15.2. The molecule has 1 saturated carbocycles. The van der Waals surface area contributed by atoms with Crippen LogP contribution in [0.15, 0.2) is 18.2 Å². The molecule has 0 heterocycles. The highest BCUT2D eigenvalue weighted by Gasteiger charge is 2.47. The van der Waals surface area contributed by atoms with Crippen LogP contribution in [0.4, 0.5) is 13.2 Å². The quantitative estimate of drug-likeness (QED) is 0.864. The van der Waals surface area contributed by atoms with E-state index in [9.17, 15) is 23.1 Å². The molecular formula is C14H14ClF3O2. The van der Waals surface area contributed by atoms with E-state index in [2.05, 4.69) is 0 Å². The second-order valence-corrected chi connectivity index (χ2v) is 5.57. The standard InChI is InChI=1S/C14H14ClF3O2/c15-9-4-5-10(11(8-9)14(16,17)18)13(12(19)20)6-2-1-3-7-13/h4-5,8H,1-3,6-7H2,(H,19,20). The van der Waals surface area contributed by atoms with Gasteiger partial charge in [0.15, 0.2) is 0 Å². The molecule has 110 valence electrons. The normalized spacial score (nSPS) is 18.8. The molecule has 0 atom stereocenters. The van der Waals surface area contributed by atoms with Gasteiger partial charge in [-0.15, -0.1) is 0 Å². The topological polar surface area (TPSA) is 37.3 Å². The van der Waals surface area contributed by atoms with Crippen LogP contribution < -0.4 is 0 Å². The molecule has 0 spiro atoms. The maximum atomic E-state index is 13.2. The summed E-state index contributed by atoms with van der Waals surface area (Å²) in [6.07, 6.45) is -2.07. The summed E-state index contributed by atoms with van der Waals surface area (Å²) >= 11 is 5.64. The first-order valence-electron chi connectivity index (χ1n) is 6.38. The second-order valence-electron chi connectivity index (χ2n) is 5.14. The van der Waals surface area contributed by atoms with Crippen molar-refractivity contribution in [1.29, 1.82) is 0 Å². The maximum absolute atomic E-state index is 13.2. The number of rotatable bonds is 2. The lowest BCUT2D eigenvalue weighted by atomic mass is 9.68. The molecule has 0 unspecified atom stereocenters. The van der Waals surface area contributed by atoms with E-state index in [0.29, 0.717) is 12.8 Å². The molecule has 0 radical (unpaired) electrons. The van der Waals surface area contributed by atoms with Gasteiger partial charge in [-0.1, -0.05) is 36.9 Å². The van der Waals surface area contributed by atoms with Crippen molar-refractivity contribution >= 4 is 17.6 Å². The molecule has 6 heteroatoms. The van der Waals surface area contributed by atoms with Crippen molar-refractivity contribution in [2.75, 3.05) is 0 Å². The van der Waals surface area contributed by atoms with Crippen molar-refractivity contribution in [3.8, 4) is 0 Å². The molecule has 2 rings (SSSR count). The van der Waals surface area contributed by atoms with Gasteiger partial charge in [0.05, 0.1) is 11.0 Å². The number of carboxylic acids is 1. The van der Waals surface area contributed by atoms with Gasteiger partial charge in [0.1, 0.15) is 0 Å². The van der Waals surface area contributed by atoms with Crippen LogP contribution in [0.3, 0.4) is 0 Å². The maximum Gasteiger partial charge on any atom is 0.416 e. The number of hydrogen-bond donors (Lipinski definition) is 1. The second kappa shape index (κ2) is 5.28. The Morgan fingerprint density at radius 3 is 2.30 bits per heavy atom. The number of benzene rings is 1. The zero-order chi connectivity index (χ0) is 15.0. The average Bonchev–Trinajstić information content (AvgIpc) is 2.38. The summed E-state index contributed by atoms with van der Waals surface area (Å²) < 4.78 is 39.5. The Hall–Kier alpha value is -1.23. The lowest BCUT2D eigenvalue weighted by Crippen LogP contribution is -2.39.